The topological polar surface area (TPSA) is 124 Å². The van der Waals surface area contributed by atoms with E-state index in [4.69, 9.17) is 17.8 Å². The first-order valence-corrected chi connectivity index (χ1v) is 13.1. The molecule has 13 heteroatoms. The van der Waals surface area contributed by atoms with Crippen LogP contribution in [-0.2, 0) is 45.3 Å². The van der Waals surface area contributed by atoms with Gasteiger partial charge in [-0.05, 0) is 0 Å². The summed E-state index contributed by atoms with van der Waals surface area (Å²) < 4.78 is 58.9. The van der Waals surface area contributed by atoms with E-state index in [1.807, 2.05) is 0 Å². The summed E-state index contributed by atoms with van der Waals surface area (Å²) in [6, 6.07) is 0. The Morgan fingerprint density at radius 2 is 1.15 bits per heavy atom. The van der Waals surface area contributed by atoms with Crippen molar-refractivity contribution in [3.8, 4) is 0 Å². The van der Waals surface area contributed by atoms with Crippen LogP contribution in [0.1, 0.15) is 0 Å². The molecule has 0 spiro atoms. The maximum absolute atomic E-state index is 9.38. The van der Waals surface area contributed by atoms with Crippen molar-refractivity contribution in [2.24, 2.45) is 0 Å². The van der Waals surface area contributed by atoms with Gasteiger partial charge in [-0.1, -0.05) is 0 Å². The molecule has 0 fully saturated rings. The molecule has 0 aromatic heterocycles. The fourth-order valence-electron chi connectivity index (χ4n) is 0.102. The zero-order chi connectivity index (χ0) is 10.4. The third kappa shape index (κ3) is 31.3. The summed E-state index contributed by atoms with van der Waals surface area (Å²) in [5, 5.41) is 0. The van der Waals surface area contributed by atoms with Gasteiger partial charge in [0.05, 0.1) is 0 Å². The predicted octanol–water partition coefficient (Wildman–Crippen LogP) is -4.92. The Morgan fingerprint density at radius 1 is 1.00 bits per heavy atom. The van der Waals surface area contributed by atoms with Crippen LogP contribution in [0.2, 0.25) is 0 Å². The third-order valence-corrected chi connectivity index (χ3v) is 2.83. The molecule has 0 aliphatic carbocycles. The second-order valence-electron chi connectivity index (χ2n) is 0.956. The molecule has 13 heavy (non-hydrogen) atoms. The molecule has 0 aliphatic rings. The molecule has 0 heterocycles. The Hall–Kier alpha value is 3.16. The zero-order valence-electron chi connectivity index (χ0n) is 5.93. The Morgan fingerprint density at radius 3 is 1.15 bits per heavy atom. The van der Waals surface area contributed by atoms with Crippen molar-refractivity contribution in [3.63, 3.8) is 0 Å². The van der Waals surface area contributed by atoms with Gasteiger partial charge in [0.2, 0.25) is 0 Å². The molecular formula is Cl2Cr2KO7Sn+. The summed E-state index contributed by atoms with van der Waals surface area (Å²) in [6.07, 6.45) is 0. The van der Waals surface area contributed by atoms with Crippen LogP contribution < -0.4 is 59.7 Å². The number of hydrogen-bond acceptors (Lipinski definition) is 7. The Labute approximate surface area is 138 Å². The first kappa shape index (κ1) is 21.4. The molecule has 0 saturated heterocycles. The fourth-order valence-corrected chi connectivity index (χ4v) is 1.74. The van der Waals surface area contributed by atoms with Crippen molar-refractivity contribution < 1.29 is 105 Å². The van der Waals surface area contributed by atoms with E-state index in [0.29, 0.717) is 0 Å². The van der Waals surface area contributed by atoms with E-state index in [-0.39, 0.29) is 51.4 Å². The molecule has 0 saturated carbocycles. The van der Waals surface area contributed by atoms with Crippen molar-refractivity contribution >= 4 is 36.7 Å². The molecule has 7 nitrogen and oxygen atoms in total. The van der Waals surface area contributed by atoms with E-state index < -0.39 is 46.1 Å². The minimum absolute atomic E-state index is 0. The molecule has 0 rings (SSSR count). The van der Waals surface area contributed by atoms with Gasteiger partial charge in [-0.3, -0.25) is 0 Å². The summed E-state index contributed by atoms with van der Waals surface area (Å²) in [7, 11) is 9.87. The minimum atomic E-state index is -6.07. The van der Waals surface area contributed by atoms with Gasteiger partial charge in [-0.15, -0.1) is 0 Å². The van der Waals surface area contributed by atoms with Gasteiger partial charge in [-0.2, -0.15) is 0 Å². The molecule has 72 valence electrons. The van der Waals surface area contributed by atoms with Gasteiger partial charge < -0.3 is 0 Å². The van der Waals surface area contributed by atoms with Gasteiger partial charge in [0.1, 0.15) is 0 Å². The molecule has 0 unspecified atom stereocenters. The number of rotatable bonds is 2. The molecule has 0 aliphatic heterocycles. The Kier molecular flexibility index (Phi) is 17.0. The van der Waals surface area contributed by atoms with Crippen molar-refractivity contribution in [2.75, 3.05) is 0 Å². The molecule has 0 N–H and O–H groups in total. The Bertz CT molecular complexity index is 262. The van der Waals surface area contributed by atoms with Crippen LogP contribution in [0.4, 0.5) is 0 Å². The molecule has 0 aromatic carbocycles. The van der Waals surface area contributed by atoms with Crippen LogP contribution in [0.5, 0.6) is 0 Å². The summed E-state index contributed by atoms with van der Waals surface area (Å²) >= 11 is -13.0. The van der Waals surface area contributed by atoms with Crippen LogP contribution in [0.25, 0.3) is 0 Å². The second kappa shape index (κ2) is 10.3. The molecule has 0 aromatic rings. The normalized spacial score (nSPS) is 10.2. The van der Waals surface area contributed by atoms with Crippen LogP contribution in [-0.4, -0.2) is 18.9 Å². The van der Waals surface area contributed by atoms with Gasteiger partial charge in [0, 0.05) is 0 Å². The summed E-state index contributed by atoms with van der Waals surface area (Å²) in [5.41, 5.74) is 0. The fraction of sp³-hybridized carbons (Fsp3) is 0. The molecule has 0 radical (unpaired) electrons. The van der Waals surface area contributed by atoms with Gasteiger partial charge in [-0.25, -0.2) is 0 Å². The van der Waals surface area contributed by atoms with E-state index in [2.05, 4.69) is 2.84 Å². The van der Waals surface area contributed by atoms with Crippen LogP contribution in [0.3, 0.4) is 0 Å². The van der Waals surface area contributed by atoms with Crippen LogP contribution >= 0.6 is 17.8 Å². The maximum atomic E-state index is 9.38. The summed E-state index contributed by atoms with van der Waals surface area (Å²) in [5.74, 6) is 0. The van der Waals surface area contributed by atoms with Crippen LogP contribution in [0, 0.1) is 0 Å². The zero-order valence-corrected chi connectivity index (χ0v) is 16.0. The molecule has 0 bridgehead atoms. The number of halogens is 2. The van der Waals surface area contributed by atoms with E-state index in [0.717, 1.165) is 0 Å². The van der Waals surface area contributed by atoms with Crippen molar-refractivity contribution in [1.82, 2.24) is 0 Å². The standard InChI is InChI=1S/2ClH.2Cr.K.7O.Sn/h2*1H;;;;;;;;;;;/q;;;;+1;;;;;;2*-1;+4/p-2. The quantitative estimate of drug-likeness (QED) is 0.391. The van der Waals surface area contributed by atoms with Gasteiger partial charge in [0.15, 0.2) is 0 Å². The summed E-state index contributed by atoms with van der Waals surface area (Å²) in [6.45, 7) is 0. The van der Waals surface area contributed by atoms with Crippen molar-refractivity contribution in [1.29, 1.82) is 0 Å². The van der Waals surface area contributed by atoms with E-state index in [1.165, 1.54) is 0 Å². The SMILES string of the molecule is [Cl][Sn+2][Cl].[K+].[O]=[Cr](=[O])([O-])[O][Cr](=[O])(=[O])[O-]. The average Bonchev–Trinajstić information content (AvgIpc) is 1.53. The third-order valence-electron chi connectivity index (χ3n) is 0.167. The van der Waals surface area contributed by atoms with Gasteiger partial charge >= 0.3 is 142 Å². The van der Waals surface area contributed by atoms with E-state index in [9.17, 15) is 23.5 Å². The molecular weight excluding hydrogens is 445 g/mol. The Balaban J connectivity index is -0.000000220. The van der Waals surface area contributed by atoms with Crippen molar-refractivity contribution in [3.05, 3.63) is 0 Å². The first-order chi connectivity index (χ1) is 5.12. The van der Waals surface area contributed by atoms with E-state index in [1.54, 1.807) is 0 Å². The summed E-state index contributed by atoms with van der Waals surface area (Å²) in [4.78, 5) is 0. The van der Waals surface area contributed by atoms with Gasteiger partial charge in [0.25, 0.3) is 0 Å². The second-order valence-corrected chi connectivity index (χ2v) is 8.84. The average molecular weight is 445 g/mol. The van der Waals surface area contributed by atoms with Crippen LogP contribution in [0.15, 0.2) is 0 Å². The first-order valence-electron chi connectivity index (χ1n) is 1.71. The number of hydrogen-bond donors (Lipinski definition) is 0. The molecule has 0 atom stereocenters. The predicted molar refractivity (Wildman–Crippen MR) is 21.3 cm³/mol. The van der Waals surface area contributed by atoms with E-state index >= 15 is 0 Å². The monoisotopic (exact) mass is 445 g/mol. The molecule has 0 amide bonds. The van der Waals surface area contributed by atoms with Crippen molar-refractivity contribution in [2.45, 2.75) is 0 Å².